The third-order valence-electron chi connectivity index (χ3n) is 7.88. The van der Waals surface area contributed by atoms with Crippen molar-refractivity contribution in [2.75, 3.05) is 38.3 Å². The molecule has 3 atom stereocenters. The molecule has 240 valence electrons. The third-order valence-corrected chi connectivity index (χ3v) is 7.88. The Morgan fingerprint density at radius 2 is 1.75 bits per heavy atom. The van der Waals surface area contributed by atoms with Crippen molar-refractivity contribution in [3.05, 3.63) is 59.4 Å². The van der Waals surface area contributed by atoms with Gasteiger partial charge in [-0.3, -0.25) is 9.59 Å². The second-order valence-electron chi connectivity index (χ2n) is 12.9. The smallest absolute Gasteiger partial charge is 0.410 e. The quantitative estimate of drug-likeness (QED) is 0.323. The second-order valence-corrected chi connectivity index (χ2v) is 12.9. The molecule has 4 rings (SSSR count). The lowest BCUT2D eigenvalue weighted by Gasteiger charge is -2.39. The Morgan fingerprint density at radius 1 is 1.07 bits per heavy atom. The monoisotopic (exact) mass is 611 g/mol. The van der Waals surface area contributed by atoms with Gasteiger partial charge in [0.2, 0.25) is 11.8 Å². The summed E-state index contributed by atoms with van der Waals surface area (Å²) in [5, 5.41) is 3.05. The standard InChI is InChI=1S/C34H46FN3O6/c1-22-17-28(35)29(19-30(22)43-16-10-15-42-6)38(27-13-14-27)32(40)26-18-25(20-37(21-26)33(41)44-34(3,4)5)31(39)36-23(2)24-11-8-7-9-12-24/h7-9,11-12,17,19,23,25-27H,10,13-16,18,20-21H2,1-6H3,(H,36,39)/t23-,25+,26-/m1/s1. The van der Waals surface area contributed by atoms with Gasteiger partial charge in [-0.05, 0) is 71.1 Å². The van der Waals surface area contributed by atoms with Crippen LogP contribution in [0.15, 0.2) is 42.5 Å². The number of hydrogen-bond acceptors (Lipinski definition) is 6. The number of benzene rings is 2. The number of nitrogens with zero attached hydrogens (tertiary/aromatic N) is 2. The Hall–Kier alpha value is -3.66. The van der Waals surface area contributed by atoms with E-state index in [1.807, 2.05) is 37.3 Å². The van der Waals surface area contributed by atoms with Crippen LogP contribution >= 0.6 is 0 Å². The predicted molar refractivity (Wildman–Crippen MR) is 166 cm³/mol. The van der Waals surface area contributed by atoms with Crippen molar-refractivity contribution in [2.24, 2.45) is 11.8 Å². The maximum absolute atomic E-state index is 15.5. The Bertz CT molecular complexity index is 1310. The van der Waals surface area contributed by atoms with Gasteiger partial charge in [0.15, 0.2) is 0 Å². The zero-order valence-electron chi connectivity index (χ0n) is 26.7. The number of aryl methyl sites for hydroxylation is 1. The summed E-state index contributed by atoms with van der Waals surface area (Å²) in [6, 6.07) is 12.1. The molecular formula is C34H46FN3O6. The summed E-state index contributed by atoms with van der Waals surface area (Å²) in [5.41, 5.74) is 0.976. The number of nitrogens with one attached hydrogen (secondary N) is 1. The average molecular weight is 612 g/mol. The van der Waals surface area contributed by atoms with E-state index in [9.17, 15) is 14.4 Å². The van der Waals surface area contributed by atoms with Gasteiger partial charge < -0.3 is 29.3 Å². The fourth-order valence-corrected chi connectivity index (χ4v) is 5.49. The predicted octanol–water partition coefficient (Wildman–Crippen LogP) is 5.80. The van der Waals surface area contributed by atoms with Crippen LogP contribution in [-0.4, -0.2) is 67.9 Å². The molecule has 2 aromatic rings. The van der Waals surface area contributed by atoms with Crippen LogP contribution in [0.1, 0.15) is 70.5 Å². The van der Waals surface area contributed by atoms with E-state index in [-0.39, 0.29) is 49.1 Å². The lowest BCUT2D eigenvalue weighted by molar-refractivity contribution is -0.131. The first-order valence-corrected chi connectivity index (χ1v) is 15.5. The maximum atomic E-state index is 15.5. The van der Waals surface area contributed by atoms with Crippen LogP contribution in [0.3, 0.4) is 0 Å². The zero-order valence-corrected chi connectivity index (χ0v) is 26.7. The molecule has 0 aromatic heterocycles. The topological polar surface area (TPSA) is 97.4 Å². The Balaban J connectivity index is 1.59. The van der Waals surface area contributed by atoms with E-state index >= 15 is 4.39 Å². The summed E-state index contributed by atoms with van der Waals surface area (Å²) in [6.45, 7) is 10.1. The molecule has 1 aliphatic carbocycles. The summed E-state index contributed by atoms with van der Waals surface area (Å²) in [4.78, 5) is 44.0. The molecular weight excluding hydrogens is 565 g/mol. The van der Waals surface area contributed by atoms with Crippen molar-refractivity contribution in [3.63, 3.8) is 0 Å². The first-order chi connectivity index (χ1) is 20.9. The number of ether oxygens (including phenoxy) is 3. The van der Waals surface area contributed by atoms with E-state index in [2.05, 4.69) is 5.32 Å². The number of rotatable bonds is 11. The largest absolute Gasteiger partial charge is 0.493 e. The Labute approximate surface area is 260 Å². The molecule has 0 spiro atoms. The molecule has 1 N–H and O–H groups in total. The highest BCUT2D eigenvalue weighted by Crippen LogP contribution is 2.39. The van der Waals surface area contributed by atoms with Gasteiger partial charge in [0, 0.05) is 45.3 Å². The normalized spacial score (nSPS) is 19.2. The van der Waals surface area contributed by atoms with Crippen LogP contribution in [-0.2, 0) is 19.1 Å². The average Bonchev–Trinajstić information content (AvgIpc) is 3.82. The number of hydrogen-bond donors (Lipinski definition) is 1. The van der Waals surface area contributed by atoms with Gasteiger partial charge >= 0.3 is 6.09 Å². The van der Waals surface area contributed by atoms with Gasteiger partial charge in [-0.1, -0.05) is 30.3 Å². The van der Waals surface area contributed by atoms with Gasteiger partial charge in [0.25, 0.3) is 0 Å². The molecule has 2 aliphatic rings. The van der Waals surface area contributed by atoms with Gasteiger partial charge in [-0.2, -0.15) is 0 Å². The van der Waals surface area contributed by atoms with E-state index in [0.29, 0.717) is 30.9 Å². The molecule has 9 nitrogen and oxygen atoms in total. The van der Waals surface area contributed by atoms with Crippen LogP contribution in [0.5, 0.6) is 5.75 Å². The summed E-state index contributed by atoms with van der Waals surface area (Å²) in [7, 11) is 1.62. The minimum absolute atomic E-state index is 0.0723. The van der Waals surface area contributed by atoms with Crippen LogP contribution in [0, 0.1) is 24.6 Å². The fraction of sp³-hybridized carbons (Fsp3) is 0.559. The van der Waals surface area contributed by atoms with Gasteiger partial charge in [0.1, 0.15) is 17.2 Å². The highest BCUT2D eigenvalue weighted by atomic mass is 19.1. The Morgan fingerprint density at radius 3 is 2.39 bits per heavy atom. The first kappa shape index (κ1) is 33.2. The van der Waals surface area contributed by atoms with E-state index in [0.717, 1.165) is 18.4 Å². The SMILES string of the molecule is COCCCOc1cc(N(C(=O)[C@@H]2C[C@H](C(=O)N[C@H](C)c3ccccc3)CN(C(=O)OC(C)(C)C)C2)C2CC2)c(F)cc1C. The van der Waals surface area contributed by atoms with Crippen LogP contribution < -0.4 is 15.0 Å². The van der Waals surface area contributed by atoms with E-state index in [1.54, 1.807) is 40.9 Å². The first-order valence-electron chi connectivity index (χ1n) is 15.5. The molecule has 1 aliphatic heterocycles. The number of carbonyl (C=O) groups is 3. The van der Waals surface area contributed by atoms with E-state index in [1.165, 1.54) is 15.9 Å². The number of methoxy groups -OCH3 is 1. The zero-order chi connectivity index (χ0) is 32.0. The van der Waals surface area contributed by atoms with Gasteiger partial charge in [0.05, 0.1) is 30.2 Å². The van der Waals surface area contributed by atoms with Crippen LogP contribution in [0.4, 0.5) is 14.9 Å². The van der Waals surface area contributed by atoms with Gasteiger partial charge in [-0.25, -0.2) is 9.18 Å². The Kier molecular flexibility index (Phi) is 10.9. The number of piperidine rings is 1. The minimum atomic E-state index is -0.752. The second kappa shape index (κ2) is 14.4. The van der Waals surface area contributed by atoms with Crippen molar-refractivity contribution >= 4 is 23.6 Å². The molecule has 0 unspecified atom stereocenters. The fourth-order valence-electron chi connectivity index (χ4n) is 5.49. The number of anilines is 1. The maximum Gasteiger partial charge on any atom is 0.410 e. The molecule has 44 heavy (non-hydrogen) atoms. The van der Waals surface area contributed by atoms with Crippen molar-refractivity contribution in [1.29, 1.82) is 0 Å². The molecule has 1 saturated carbocycles. The summed E-state index contributed by atoms with van der Waals surface area (Å²) >= 11 is 0. The minimum Gasteiger partial charge on any atom is -0.493 e. The van der Waals surface area contributed by atoms with Crippen molar-refractivity contribution in [2.45, 2.75) is 78.0 Å². The van der Waals surface area contributed by atoms with Crippen molar-refractivity contribution in [3.8, 4) is 5.75 Å². The molecule has 1 heterocycles. The van der Waals surface area contributed by atoms with E-state index in [4.69, 9.17) is 14.2 Å². The summed E-state index contributed by atoms with van der Waals surface area (Å²) in [6.07, 6.45) is 1.79. The molecule has 2 fully saturated rings. The summed E-state index contributed by atoms with van der Waals surface area (Å²) in [5.74, 6) is -1.97. The van der Waals surface area contributed by atoms with E-state index < -0.39 is 29.3 Å². The number of halogens is 1. The molecule has 10 heteroatoms. The molecule has 0 bridgehead atoms. The molecule has 3 amide bonds. The lowest BCUT2D eigenvalue weighted by atomic mass is 9.87. The van der Waals surface area contributed by atoms with Crippen LogP contribution in [0.25, 0.3) is 0 Å². The molecule has 2 aromatic carbocycles. The molecule has 1 saturated heterocycles. The van der Waals surface area contributed by atoms with Crippen molar-refractivity contribution in [1.82, 2.24) is 10.2 Å². The number of carbonyl (C=O) groups excluding carboxylic acids is 3. The molecule has 0 radical (unpaired) electrons. The number of likely N-dealkylation sites (tertiary alicyclic amines) is 1. The van der Waals surface area contributed by atoms with Gasteiger partial charge in [-0.15, -0.1) is 0 Å². The third kappa shape index (κ3) is 8.71. The summed E-state index contributed by atoms with van der Waals surface area (Å²) < 4.78 is 32.2. The van der Waals surface area contributed by atoms with Crippen LogP contribution in [0.2, 0.25) is 0 Å². The highest BCUT2D eigenvalue weighted by molar-refractivity contribution is 5.97. The highest BCUT2D eigenvalue weighted by Gasteiger charge is 2.44. The number of amides is 3. The van der Waals surface area contributed by atoms with Crippen molar-refractivity contribution < 1.29 is 33.0 Å². The lowest BCUT2D eigenvalue weighted by Crippen LogP contribution is -2.54.